The first kappa shape index (κ1) is 12.4. The Morgan fingerprint density at radius 2 is 2.35 bits per heavy atom. The standard InChI is InChI=1S/C12H13BrN2O2/c13-10-3-9(6-14)4-11(5-10)15-1-2-17-8-12(15)7-16/h3-5,12,16H,1-2,7-8H2. The van der Waals surface area contributed by atoms with Crippen molar-refractivity contribution in [1.82, 2.24) is 0 Å². The molecule has 0 saturated carbocycles. The number of anilines is 1. The van der Waals surface area contributed by atoms with Crippen LogP contribution in [0.15, 0.2) is 22.7 Å². The highest BCUT2D eigenvalue weighted by Crippen LogP contribution is 2.25. The normalized spacial score (nSPS) is 20.1. The van der Waals surface area contributed by atoms with Crippen molar-refractivity contribution in [1.29, 1.82) is 5.26 Å². The van der Waals surface area contributed by atoms with Gasteiger partial charge < -0.3 is 14.7 Å². The van der Waals surface area contributed by atoms with Crippen molar-refractivity contribution < 1.29 is 9.84 Å². The molecule has 1 unspecified atom stereocenters. The van der Waals surface area contributed by atoms with Gasteiger partial charge in [0.05, 0.1) is 37.5 Å². The Labute approximate surface area is 109 Å². The van der Waals surface area contributed by atoms with Crippen molar-refractivity contribution in [2.24, 2.45) is 0 Å². The maximum absolute atomic E-state index is 9.32. The van der Waals surface area contributed by atoms with E-state index in [1.54, 1.807) is 6.07 Å². The molecule has 5 heteroatoms. The molecule has 17 heavy (non-hydrogen) atoms. The lowest BCUT2D eigenvalue weighted by atomic mass is 10.1. The third-order valence-electron chi connectivity index (χ3n) is 2.78. The zero-order valence-electron chi connectivity index (χ0n) is 9.27. The topological polar surface area (TPSA) is 56.5 Å². The van der Waals surface area contributed by atoms with Gasteiger partial charge in [-0.2, -0.15) is 5.26 Å². The fraction of sp³-hybridized carbons (Fsp3) is 0.417. The van der Waals surface area contributed by atoms with Crippen LogP contribution in [0.4, 0.5) is 5.69 Å². The lowest BCUT2D eigenvalue weighted by molar-refractivity contribution is 0.0727. The molecule has 1 aliphatic heterocycles. The van der Waals surface area contributed by atoms with E-state index in [9.17, 15) is 5.11 Å². The second-order valence-corrected chi connectivity index (χ2v) is 4.83. The van der Waals surface area contributed by atoms with Crippen molar-refractivity contribution in [2.45, 2.75) is 6.04 Å². The summed E-state index contributed by atoms with van der Waals surface area (Å²) in [4.78, 5) is 2.08. The first-order valence-corrected chi connectivity index (χ1v) is 6.20. The van der Waals surface area contributed by atoms with Crippen molar-refractivity contribution in [2.75, 3.05) is 31.3 Å². The van der Waals surface area contributed by atoms with Gasteiger partial charge in [-0.1, -0.05) is 15.9 Å². The fourth-order valence-corrected chi connectivity index (χ4v) is 2.43. The Bertz CT molecular complexity index is 445. The summed E-state index contributed by atoms with van der Waals surface area (Å²) in [6, 6.07) is 7.65. The zero-order valence-corrected chi connectivity index (χ0v) is 10.9. The van der Waals surface area contributed by atoms with Crippen LogP contribution < -0.4 is 4.90 Å². The lowest BCUT2D eigenvalue weighted by Gasteiger charge is -2.36. The van der Waals surface area contributed by atoms with Crippen LogP contribution >= 0.6 is 15.9 Å². The molecule has 1 aromatic carbocycles. The minimum atomic E-state index is -0.0374. The summed E-state index contributed by atoms with van der Waals surface area (Å²) in [6.45, 7) is 1.94. The molecule has 1 heterocycles. The average Bonchev–Trinajstić information content (AvgIpc) is 2.37. The number of hydrogen-bond acceptors (Lipinski definition) is 4. The molecular formula is C12H13BrN2O2. The number of aliphatic hydroxyl groups excluding tert-OH is 1. The number of aliphatic hydroxyl groups is 1. The average molecular weight is 297 g/mol. The molecule has 4 nitrogen and oxygen atoms in total. The van der Waals surface area contributed by atoms with E-state index in [0.717, 1.165) is 16.7 Å². The third-order valence-corrected chi connectivity index (χ3v) is 3.24. The molecule has 1 fully saturated rings. The van der Waals surface area contributed by atoms with Gasteiger partial charge in [-0.05, 0) is 18.2 Å². The summed E-state index contributed by atoms with van der Waals surface area (Å²) in [5.74, 6) is 0. The molecule has 90 valence electrons. The predicted molar refractivity (Wildman–Crippen MR) is 67.9 cm³/mol. The number of halogens is 1. The van der Waals surface area contributed by atoms with Crippen LogP contribution in [-0.2, 0) is 4.74 Å². The quantitative estimate of drug-likeness (QED) is 0.899. The van der Waals surface area contributed by atoms with E-state index in [1.165, 1.54) is 0 Å². The largest absolute Gasteiger partial charge is 0.394 e. The van der Waals surface area contributed by atoms with E-state index >= 15 is 0 Å². The van der Waals surface area contributed by atoms with Gasteiger partial charge in [0.2, 0.25) is 0 Å². The molecule has 1 atom stereocenters. The minimum Gasteiger partial charge on any atom is -0.394 e. The van der Waals surface area contributed by atoms with Crippen LogP contribution in [0, 0.1) is 11.3 Å². The second-order valence-electron chi connectivity index (χ2n) is 3.91. The smallest absolute Gasteiger partial charge is 0.0992 e. The molecule has 1 N–H and O–H groups in total. The Hall–Kier alpha value is -1.09. The Kier molecular flexibility index (Phi) is 4.00. The first-order valence-electron chi connectivity index (χ1n) is 5.40. The van der Waals surface area contributed by atoms with Gasteiger partial charge in [-0.15, -0.1) is 0 Å². The van der Waals surface area contributed by atoms with Gasteiger partial charge in [-0.25, -0.2) is 0 Å². The molecular weight excluding hydrogens is 284 g/mol. The Morgan fingerprint density at radius 1 is 1.53 bits per heavy atom. The molecule has 0 bridgehead atoms. The number of morpholine rings is 1. The molecule has 0 spiro atoms. The van der Waals surface area contributed by atoms with E-state index < -0.39 is 0 Å². The van der Waals surface area contributed by atoms with Gasteiger partial charge in [0.25, 0.3) is 0 Å². The summed E-state index contributed by atoms with van der Waals surface area (Å²) in [6.07, 6.45) is 0. The monoisotopic (exact) mass is 296 g/mol. The van der Waals surface area contributed by atoms with Crippen LogP contribution in [0.5, 0.6) is 0 Å². The van der Waals surface area contributed by atoms with Gasteiger partial charge >= 0.3 is 0 Å². The number of ether oxygens (including phenoxy) is 1. The van der Waals surface area contributed by atoms with Crippen molar-refractivity contribution >= 4 is 21.6 Å². The summed E-state index contributed by atoms with van der Waals surface area (Å²) in [5.41, 5.74) is 1.55. The molecule has 0 aliphatic carbocycles. The third kappa shape index (κ3) is 2.78. The zero-order chi connectivity index (χ0) is 12.3. The molecule has 0 amide bonds. The van der Waals surface area contributed by atoms with Gasteiger partial charge in [-0.3, -0.25) is 0 Å². The molecule has 1 saturated heterocycles. The summed E-state index contributed by atoms with van der Waals surface area (Å²) in [7, 11) is 0. The highest BCUT2D eigenvalue weighted by Gasteiger charge is 2.22. The number of rotatable bonds is 2. The highest BCUT2D eigenvalue weighted by molar-refractivity contribution is 9.10. The predicted octanol–water partition coefficient (Wildman–Crippen LogP) is 1.52. The van der Waals surface area contributed by atoms with Crippen molar-refractivity contribution in [3.8, 4) is 6.07 Å². The van der Waals surface area contributed by atoms with Crippen LogP contribution in [-0.4, -0.2) is 37.5 Å². The van der Waals surface area contributed by atoms with E-state index in [1.807, 2.05) is 12.1 Å². The second kappa shape index (κ2) is 5.50. The molecule has 0 radical (unpaired) electrons. The number of benzene rings is 1. The van der Waals surface area contributed by atoms with Gasteiger partial charge in [0.15, 0.2) is 0 Å². The molecule has 1 aliphatic rings. The first-order chi connectivity index (χ1) is 8.24. The van der Waals surface area contributed by atoms with Crippen molar-refractivity contribution in [3.05, 3.63) is 28.2 Å². The van der Waals surface area contributed by atoms with Crippen LogP contribution in [0.1, 0.15) is 5.56 Å². The van der Waals surface area contributed by atoms with E-state index in [0.29, 0.717) is 18.8 Å². The lowest BCUT2D eigenvalue weighted by Crippen LogP contribution is -2.47. The van der Waals surface area contributed by atoms with Gasteiger partial charge in [0, 0.05) is 16.7 Å². The number of nitriles is 1. The van der Waals surface area contributed by atoms with Gasteiger partial charge in [0.1, 0.15) is 0 Å². The SMILES string of the molecule is N#Cc1cc(Br)cc(N2CCOCC2CO)c1. The Balaban J connectivity index is 2.31. The summed E-state index contributed by atoms with van der Waals surface area (Å²) >= 11 is 3.39. The molecule has 2 rings (SSSR count). The fourth-order valence-electron chi connectivity index (χ4n) is 1.95. The number of hydrogen-bond donors (Lipinski definition) is 1. The minimum absolute atomic E-state index is 0.0374. The van der Waals surface area contributed by atoms with Crippen molar-refractivity contribution in [3.63, 3.8) is 0 Å². The van der Waals surface area contributed by atoms with E-state index in [2.05, 4.69) is 26.9 Å². The van der Waals surface area contributed by atoms with E-state index in [4.69, 9.17) is 10.00 Å². The Morgan fingerprint density at radius 3 is 3.06 bits per heavy atom. The maximum Gasteiger partial charge on any atom is 0.0992 e. The summed E-state index contributed by atoms with van der Waals surface area (Å²) in [5, 5.41) is 18.3. The maximum atomic E-state index is 9.32. The van der Waals surface area contributed by atoms with Crippen LogP contribution in [0.25, 0.3) is 0 Å². The molecule has 0 aromatic heterocycles. The molecule has 1 aromatic rings. The van der Waals surface area contributed by atoms with E-state index in [-0.39, 0.29) is 12.6 Å². The summed E-state index contributed by atoms with van der Waals surface area (Å²) < 4.78 is 6.20. The van der Waals surface area contributed by atoms with Crippen LogP contribution in [0.2, 0.25) is 0 Å². The highest BCUT2D eigenvalue weighted by atomic mass is 79.9. The van der Waals surface area contributed by atoms with Crippen LogP contribution in [0.3, 0.4) is 0 Å². The number of nitrogens with zero attached hydrogens (tertiary/aromatic N) is 2.